The van der Waals surface area contributed by atoms with Crippen molar-refractivity contribution in [2.24, 2.45) is 11.8 Å². The minimum Gasteiger partial charge on any atom is -0.481 e. The number of carbonyl (C=O) groups excluding carboxylic acids is 1. The molecule has 7 heteroatoms. The van der Waals surface area contributed by atoms with Crippen molar-refractivity contribution in [1.29, 1.82) is 0 Å². The van der Waals surface area contributed by atoms with Gasteiger partial charge in [-0.15, -0.1) is 0 Å². The molecule has 2 aromatic rings. The van der Waals surface area contributed by atoms with Crippen LogP contribution in [0.2, 0.25) is 10.0 Å². The summed E-state index contributed by atoms with van der Waals surface area (Å²) in [7, 11) is 0. The topological polar surface area (TPSA) is 86.6 Å². The van der Waals surface area contributed by atoms with Gasteiger partial charge in [0.2, 0.25) is 5.91 Å². The number of aliphatic hydroxyl groups is 1. The highest BCUT2D eigenvalue weighted by Gasteiger charge is 2.49. The summed E-state index contributed by atoms with van der Waals surface area (Å²) in [6.07, 6.45) is 2.35. The SMILES string of the molecule is O=C(O)CC1CC(c2cccc(Cl)c2)C(CC(O)(c2ccc(Cl)cc2)C2CC2)NC1=O. The molecule has 2 fully saturated rings. The van der Waals surface area contributed by atoms with Gasteiger partial charge in [0.15, 0.2) is 0 Å². The summed E-state index contributed by atoms with van der Waals surface area (Å²) in [5, 5.41) is 25.2. The molecule has 1 saturated carbocycles. The Hall–Kier alpha value is -2.08. The third-order valence-corrected chi connectivity index (χ3v) is 7.04. The van der Waals surface area contributed by atoms with E-state index in [4.69, 9.17) is 23.2 Å². The van der Waals surface area contributed by atoms with E-state index in [2.05, 4.69) is 5.32 Å². The van der Waals surface area contributed by atoms with E-state index in [0.717, 1.165) is 24.0 Å². The number of amides is 1. The van der Waals surface area contributed by atoms with Gasteiger partial charge in [0.1, 0.15) is 0 Å². The smallest absolute Gasteiger partial charge is 0.304 e. The number of aliphatic carboxylic acids is 1. The third kappa shape index (κ3) is 4.89. The fourth-order valence-electron chi connectivity index (χ4n) is 4.82. The standard InChI is InChI=1S/C24H25Cl2NO4/c25-18-8-6-17(7-9-18)24(31,16-4-5-16)13-21-20(14-2-1-3-19(26)10-14)11-15(12-22(28)29)23(30)27-21/h1-3,6-10,15-16,20-21,31H,4-5,11-13H2,(H,27,30)(H,28,29). The number of carbonyl (C=O) groups is 2. The van der Waals surface area contributed by atoms with Crippen LogP contribution < -0.4 is 5.32 Å². The lowest BCUT2D eigenvalue weighted by Gasteiger charge is -2.41. The van der Waals surface area contributed by atoms with Crippen molar-refractivity contribution in [3.05, 3.63) is 69.7 Å². The Kier molecular flexibility index (Phi) is 6.29. The lowest BCUT2D eigenvalue weighted by atomic mass is 9.72. The third-order valence-electron chi connectivity index (χ3n) is 6.55. The molecule has 2 aromatic carbocycles. The van der Waals surface area contributed by atoms with E-state index in [1.807, 2.05) is 30.3 Å². The Morgan fingerprint density at radius 1 is 1.10 bits per heavy atom. The summed E-state index contributed by atoms with van der Waals surface area (Å²) >= 11 is 12.3. The fourth-order valence-corrected chi connectivity index (χ4v) is 5.14. The number of hydrogen-bond acceptors (Lipinski definition) is 3. The maximum Gasteiger partial charge on any atom is 0.304 e. The van der Waals surface area contributed by atoms with Gasteiger partial charge >= 0.3 is 5.97 Å². The molecule has 4 atom stereocenters. The zero-order valence-electron chi connectivity index (χ0n) is 16.9. The molecule has 1 aliphatic heterocycles. The van der Waals surface area contributed by atoms with Gasteiger partial charge in [0, 0.05) is 34.3 Å². The summed E-state index contributed by atoms with van der Waals surface area (Å²) in [5.41, 5.74) is 0.618. The van der Waals surface area contributed by atoms with Crippen molar-refractivity contribution in [3.63, 3.8) is 0 Å². The number of halogens is 2. The summed E-state index contributed by atoms with van der Waals surface area (Å²) in [4.78, 5) is 24.0. The van der Waals surface area contributed by atoms with Crippen molar-refractivity contribution in [1.82, 2.24) is 5.32 Å². The van der Waals surface area contributed by atoms with E-state index in [1.165, 1.54) is 0 Å². The van der Waals surface area contributed by atoms with Gasteiger partial charge in [-0.1, -0.05) is 47.5 Å². The maximum atomic E-state index is 12.7. The van der Waals surface area contributed by atoms with E-state index in [9.17, 15) is 19.8 Å². The molecule has 3 N–H and O–H groups in total. The van der Waals surface area contributed by atoms with Gasteiger partial charge in [-0.25, -0.2) is 0 Å². The van der Waals surface area contributed by atoms with Gasteiger partial charge in [0.25, 0.3) is 0 Å². The predicted octanol–water partition coefficient (Wildman–Crippen LogP) is 4.74. The Labute approximate surface area is 191 Å². The number of hydrogen-bond donors (Lipinski definition) is 3. The maximum absolute atomic E-state index is 12.7. The monoisotopic (exact) mass is 461 g/mol. The number of benzene rings is 2. The Bertz CT molecular complexity index is 976. The van der Waals surface area contributed by atoms with Crippen molar-refractivity contribution in [2.45, 2.75) is 49.7 Å². The van der Waals surface area contributed by atoms with E-state index in [-0.39, 0.29) is 30.2 Å². The van der Waals surface area contributed by atoms with Crippen LogP contribution in [0, 0.1) is 11.8 Å². The predicted molar refractivity (Wildman–Crippen MR) is 119 cm³/mol. The first kappa shape index (κ1) is 22.1. The molecule has 0 bridgehead atoms. The molecular weight excluding hydrogens is 437 g/mol. The Morgan fingerprint density at radius 2 is 1.81 bits per heavy atom. The molecule has 1 heterocycles. The first-order valence-corrected chi connectivity index (χ1v) is 11.3. The zero-order chi connectivity index (χ0) is 22.2. The normalized spacial score (nSPS) is 25.5. The molecule has 164 valence electrons. The molecule has 1 amide bonds. The fraction of sp³-hybridized carbons (Fsp3) is 0.417. The first-order chi connectivity index (χ1) is 14.8. The molecule has 31 heavy (non-hydrogen) atoms. The lowest BCUT2D eigenvalue weighted by molar-refractivity contribution is -0.142. The minimum atomic E-state index is -1.10. The molecule has 4 unspecified atom stereocenters. The average Bonchev–Trinajstić information content (AvgIpc) is 3.56. The molecule has 2 aliphatic rings. The molecular formula is C24H25Cl2NO4. The van der Waals surface area contributed by atoms with E-state index in [0.29, 0.717) is 22.9 Å². The number of carboxylic acid groups (broad SMARTS) is 1. The van der Waals surface area contributed by atoms with Crippen LogP contribution in [0.5, 0.6) is 0 Å². The Morgan fingerprint density at radius 3 is 2.42 bits per heavy atom. The second-order valence-electron chi connectivity index (χ2n) is 8.72. The summed E-state index contributed by atoms with van der Waals surface area (Å²) < 4.78 is 0. The van der Waals surface area contributed by atoms with E-state index >= 15 is 0 Å². The molecule has 4 rings (SSSR count). The van der Waals surface area contributed by atoms with Crippen LogP contribution in [0.1, 0.15) is 49.1 Å². The van der Waals surface area contributed by atoms with Crippen molar-refractivity contribution < 1.29 is 19.8 Å². The highest BCUT2D eigenvalue weighted by molar-refractivity contribution is 6.30. The first-order valence-electron chi connectivity index (χ1n) is 10.5. The molecule has 0 radical (unpaired) electrons. The quantitative estimate of drug-likeness (QED) is 0.555. The molecule has 1 aliphatic carbocycles. The van der Waals surface area contributed by atoms with Gasteiger partial charge in [-0.3, -0.25) is 9.59 Å². The minimum absolute atomic E-state index is 0.113. The van der Waals surface area contributed by atoms with Crippen LogP contribution in [-0.2, 0) is 15.2 Å². The van der Waals surface area contributed by atoms with Crippen LogP contribution in [0.3, 0.4) is 0 Å². The van der Waals surface area contributed by atoms with Crippen molar-refractivity contribution >= 4 is 35.1 Å². The van der Waals surface area contributed by atoms with Gasteiger partial charge in [-0.05, 0) is 60.6 Å². The van der Waals surface area contributed by atoms with Gasteiger partial charge in [-0.2, -0.15) is 0 Å². The highest BCUT2D eigenvalue weighted by atomic mass is 35.5. The molecule has 0 aromatic heterocycles. The number of carboxylic acids is 1. The molecule has 5 nitrogen and oxygen atoms in total. The van der Waals surface area contributed by atoms with Crippen molar-refractivity contribution in [3.8, 4) is 0 Å². The molecule has 0 spiro atoms. The van der Waals surface area contributed by atoms with Crippen LogP contribution >= 0.6 is 23.2 Å². The lowest BCUT2D eigenvalue weighted by Crippen LogP contribution is -2.52. The summed E-state index contributed by atoms with van der Waals surface area (Å²) in [6, 6.07) is 14.3. The summed E-state index contributed by atoms with van der Waals surface area (Å²) in [5.74, 6) is -1.94. The average molecular weight is 462 g/mol. The van der Waals surface area contributed by atoms with Crippen LogP contribution in [0.4, 0.5) is 0 Å². The van der Waals surface area contributed by atoms with E-state index in [1.54, 1.807) is 18.2 Å². The number of nitrogens with one attached hydrogen (secondary N) is 1. The second-order valence-corrected chi connectivity index (χ2v) is 9.59. The highest BCUT2D eigenvalue weighted by Crippen LogP contribution is 2.50. The number of piperidine rings is 1. The summed E-state index contributed by atoms with van der Waals surface area (Å²) in [6.45, 7) is 0. The molecule has 1 saturated heterocycles. The second kappa shape index (κ2) is 8.81. The van der Waals surface area contributed by atoms with Gasteiger partial charge < -0.3 is 15.5 Å². The van der Waals surface area contributed by atoms with Crippen LogP contribution in [-0.4, -0.2) is 28.1 Å². The van der Waals surface area contributed by atoms with E-state index < -0.39 is 17.5 Å². The van der Waals surface area contributed by atoms with Crippen LogP contribution in [0.25, 0.3) is 0 Å². The Balaban J connectivity index is 1.67. The van der Waals surface area contributed by atoms with Crippen LogP contribution in [0.15, 0.2) is 48.5 Å². The number of rotatable bonds is 7. The largest absolute Gasteiger partial charge is 0.481 e. The van der Waals surface area contributed by atoms with Crippen molar-refractivity contribution in [2.75, 3.05) is 0 Å². The zero-order valence-corrected chi connectivity index (χ0v) is 18.4. The van der Waals surface area contributed by atoms with Gasteiger partial charge in [0.05, 0.1) is 12.0 Å².